The molecule has 1 saturated carbocycles. The molecule has 104 valence electrons. The van der Waals surface area contributed by atoms with Crippen LogP contribution >= 0.6 is 0 Å². The van der Waals surface area contributed by atoms with Crippen molar-refractivity contribution in [2.24, 2.45) is 5.73 Å². The highest BCUT2D eigenvalue weighted by Crippen LogP contribution is 2.37. The van der Waals surface area contributed by atoms with Crippen LogP contribution in [-0.4, -0.2) is 10.1 Å². The summed E-state index contributed by atoms with van der Waals surface area (Å²) in [4.78, 5) is 4.33. The zero-order chi connectivity index (χ0) is 14.2. The second kappa shape index (κ2) is 4.83. The van der Waals surface area contributed by atoms with Gasteiger partial charge in [-0.2, -0.15) is 4.98 Å². The number of benzene rings is 1. The topological polar surface area (TPSA) is 64.9 Å². The van der Waals surface area contributed by atoms with Gasteiger partial charge in [-0.25, -0.2) is 4.39 Å². The minimum atomic E-state index is -0.417. The lowest BCUT2D eigenvalue weighted by atomic mass is 9.77. The van der Waals surface area contributed by atoms with E-state index in [0.29, 0.717) is 11.7 Å². The van der Waals surface area contributed by atoms with Crippen LogP contribution in [0, 0.1) is 5.82 Å². The zero-order valence-electron chi connectivity index (χ0n) is 11.3. The van der Waals surface area contributed by atoms with Crippen molar-refractivity contribution in [1.29, 1.82) is 0 Å². The van der Waals surface area contributed by atoms with Crippen LogP contribution in [-0.2, 0) is 5.54 Å². The molecule has 0 unspecified atom stereocenters. The largest absolute Gasteiger partial charge is 0.335 e. The number of nitrogens with zero attached hydrogens (tertiary/aromatic N) is 2. The molecule has 3 rings (SSSR count). The number of allylic oxidation sites excluding steroid dienone is 1. The number of halogens is 1. The van der Waals surface area contributed by atoms with Crippen molar-refractivity contribution in [3.63, 3.8) is 0 Å². The van der Waals surface area contributed by atoms with Crippen molar-refractivity contribution in [2.45, 2.75) is 31.7 Å². The molecule has 2 aromatic rings. The Morgan fingerprint density at radius 1 is 1.35 bits per heavy atom. The van der Waals surface area contributed by atoms with E-state index >= 15 is 0 Å². The fourth-order valence-electron chi connectivity index (χ4n) is 2.26. The van der Waals surface area contributed by atoms with E-state index in [1.807, 2.05) is 6.92 Å². The first-order chi connectivity index (χ1) is 9.57. The smallest absolute Gasteiger partial charge is 0.250 e. The summed E-state index contributed by atoms with van der Waals surface area (Å²) in [6.45, 7) is 1.92. The summed E-state index contributed by atoms with van der Waals surface area (Å²) in [5.41, 5.74) is 7.58. The van der Waals surface area contributed by atoms with E-state index in [-0.39, 0.29) is 5.82 Å². The molecule has 0 aliphatic heterocycles. The highest BCUT2D eigenvalue weighted by molar-refractivity contribution is 5.77. The minimum absolute atomic E-state index is 0.253. The first-order valence-electron chi connectivity index (χ1n) is 6.64. The van der Waals surface area contributed by atoms with E-state index < -0.39 is 5.54 Å². The number of rotatable bonds is 3. The molecule has 1 aromatic carbocycles. The van der Waals surface area contributed by atoms with Crippen LogP contribution in [0.5, 0.6) is 0 Å². The maximum absolute atomic E-state index is 12.9. The molecular formula is C15H16FN3O. The Labute approximate surface area is 116 Å². The van der Waals surface area contributed by atoms with E-state index in [1.165, 1.54) is 12.1 Å². The normalized spacial score (nSPS) is 17.9. The molecule has 2 N–H and O–H groups in total. The Kier molecular flexibility index (Phi) is 3.14. The van der Waals surface area contributed by atoms with Gasteiger partial charge in [-0.3, -0.25) is 0 Å². The maximum Gasteiger partial charge on any atom is 0.250 e. The van der Waals surface area contributed by atoms with Gasteiger partial charge in [-0.05, 0) is 49.5 Å². The second-order valence-electron chi connectivity index (χ2n) is 5.30. The average molecular weight is 273 g/mol. The molecule has 0 atom stereocenters. The fourth-order valence-corrected chi connectivity index (χ4v) is 2.26. The molecule has 0 saturated heterocycles. The van der Waals surface area contributed by atoms with Crippen molar-refractivity contribution >= 4 is 11.6 Å². The van der Waals surface area contributed by atoms with E-state index in [2.05, 4.69) is 10.1 Å². The first-order valence-corrected chi connectivity index (χ1v) is 6.64. The molecule has 0 bridgehead atoms. The Hall–Kier alpha value is -2.01. The summed E-state index contributed by atoms with van der Waals surface area (Å²) in [6, 6.07) is 6.29. The molecule has 1 aliphatic carbocycles. The molecule has 5 heteroatoms. The first kappa shape index (κ1) is 13.0. The van der Waals surface area contributed by atoms with Crippen molar-refractivity contribution in [3.05, 3.63) is 47.4 Å². The summed E-state index contributed by atoms with van der Waals surface area (Å²) < 4.78 is 18.1. The molecule has 0 spiro atoms. The molecule has 1 heterocycles. The van der Waals surface area contributed by atoms with E-state index in [9.17, 15) is 4.39 Å². The number of aromatic nitrogens is 2. The SMILES string of the molecule is C/C(=C/c1nc(C2(N)CCC2)no1)c1ccc(F)cc1. The standard InChI is InChI=1S/C15H16FN3O/c1-10(11-3-5-12(16)6-4-11)9-13-18-14(19-20-13)15(17)7-2-8-15/h3-6,9H,2,7-8,17H2,1H3/b10-9-. The van der Waals surface area contributed by atoms with Gasteiger partial charge in [0.15, 0.2) is 5.82 Å². The highest BCUT2D eigenvalue weighted by atomic mass is 19.1. The van der Waals surface area contributed by atoms with E-state index in [0.717, 1.165) is 30.4 Å². The molecular weight excluding hydrogens is 257 g/mol. The average Bonchev–Trinajstić information content (AvgIpc) is 2.85. The van der Waals surface area contributed by atoms with Gasteiger partial charge in [0.05, 0.1) is 5.54 Å². The zero-order valence-corrected chi connectivity index (χ0v) is 11.3. The third-order valence-electron chi connectivity index (χ3n) is 3.77. The third kappa shape index (κ3) is 2.36. The van der Waals surface area contributed by atoms with Gasteiger partial charge in [-0.15, -0.1) is 0 Å². The molecule has 1 aliphatic rings. The number of nitrogens with two attached hydrogens (primary N) is 1. The van der Waals surface area contributed by atoms with Crippen LogP contribution in [0.2, 0.25) is 0 Å². The van der Waals surface area contributed by atoms with Crippen LogP contribution in [0.1, 0.15) is 43.5 Å². The summed E-state index contributed by atoms with van der Waals surface area (Å²) >= 11 is 0. The number of hydrogen-bond donors (Lipinski definition) is 1. The van der Waals surface area contributed by atoms with E-state index in [4.69, 9.17) is 10.3 Å². The van der Waals surface area contributed by atoms with Gasteiger partial charge in [-0.1, -0.05) is 17.3 Å². The predicted molar refractivity (Wildman–Crippen MR) is 74.0 cm³/mol. The molecule has 1 fully saturated rings. The summed E-state index contributed by atoms with van der Waals surface area (Å²) in [6.07, 6.45) is 4.68. The van der Waals surface area contributed by atoms with Crippen LogP contribution in [0.4, 0.5) is 4.39 Å². The highest BCUT2D eigenvalue weighted by Gasteiger charge is 2.38. The third-order valence-corrected chi connectivity index (χ3v) is 3.77. The van der Waals surface area contributed by atoms with Crippen LogP contribution in [0.15, 0.2) is 28.8 Å². The monoisotopic (exact) mass is 273 g/mol. The van der Waals surface area contributed by atoms with Gasteiger partial charge in [0, 0.05) is 6.08 Å². The van der Waals surface area contributed by atoms with Gasteiger partial charge >= 0.3 is 0 Å². The summed E-state index contributed by atoms with van der Waals surface area (Å²) in [5, 5.41) is 3.96. The molecule has 4 nitrogen and oxygen atoms in total. The fraction of sp³-hybridized carbons (Fsp3) is 0.333. The van der Waals surface area contributed by atoms with E-state index in [1.54, 1.807) is 18.2 Å². The summed E-state index contributed by atoms with van der Waals surface area (Å²) in [5.74, 6) is 0.747. The Morgan fingerprint density at radius 3 is 2.65 bits per heavy atom. The van der Waals surface area contributed by atoms with Crippen molar-refractivity contribution in [1.82, 2.24) is 10.1 Å². The number of hydrogen-bond acceptors (Lipinski definition) is 4. The lowest BCUT2D eigenvalue weighted by Gasteiger charge is -2.34. The van der Waals surface area contributed by atoms with Gasteiger partial charge in [0.2, 0.25) is 0 Å². The Bertz CT molecular complexity index is 641. The van der Waals surface area contributed by atoms with Gasteiger partial charge in [0.1, 0.15) is 5.82 Å². The van der Waals surface area contributed by atoms with Crippen molar-refractivity contribution in [2.75, 3.05) is 0 Å². The Balaban J connectivity index is 1.83. The van der Waals surface area contributed by atoms with Crippen LogP contribution in [0.25, 0.3) is 11.6 Å². The molecule has 0 amide bonds. The molecule has 20 heavy (non-hydrogen) atoms. The quantitative estimate of drug-likeness (QED) is 0.933. The van der Waals surface area contributed by atoms with Crippen molar-refractivity contribution < 1.29 is 8.91 Å². The Morgan fingerprint density at radius 2 is 2.05 bits per heavy atom. The lowest BCUT2D eigenvalue weighted by molar-refractivity contribution is 0.229. The van der Waals surface area contributed by atoms with Gasteiger partial charge in [0.25, 0.3) is 5.89 Å². The molecule has 0 radical (unpaired) electrons. The molecule has 1 aromatic heterocycles. The van der Waals surface area contributed by atoms with Crippen LogP contribution in [0.3, 0.4) is 0 Å². The summed E-state index contributed by atoms with van der Waals surface area (Å²) in [7, 11) is 0. The second-order valence-corrected chi connectivity index (χ2v) is 5.30. The van der Waals surface area contributed by atoms with Crippen LogP contribution < -0.4 is 5.73 Å². The lowest BCUT2D eigenvalue weighted by Crippen LogP contribution is -2.44. The minimum Gasteiger partial charge on any atom is -0.335 e. The predicted octanol–water partition coefficient (Wildman–Crippen LogP) is 3.11. The van der Waals surface area contributed by atoms with Gasteiger partial charge < -0.3 is 10.3 Å². The van der Waals surface area contributed by atoms with Crippen molar-refractivity contribution in [3.8, 4) is 0 Å². The maximum atomic E-state index is 12.9.